The first-order valence-corrected chi connectivity index (χ1v) is 17.7. The Morgan fingerprint density at radius 1 is 0.312 bits per heavy atom. The van der Waals surface area contributed by atoms with Gasteiger partial charge in [-0.15, -0.1) is 0 Å². The van der Waals surface area contributed by atoms with Crippen LogP contribution in [-0.4, -0.2) is 8.80 Å². The molecule has 0 aliphatic heterocycles. The van der Waals surface area contributed by atoms with E-state index in [-0.39, 0.29) is 21.7 Å². The van der Waals surface area contributed by atoms with E-state index in [1.165, 1.54) is 87.7 Å². The molecule has 3 aromatic heterocycles. The lowest BCUT2D eigenvalue weighted by Crippen LogP contribution is -2.12. The topological polar surface area (TPSA) is 8.82 Å². The maximum absolute atomic E-state index is 2.57. The van der Waals surface area contributed by atoms with Gasteiger partial charge in [-0.3, -0.25) is 0 Å². The van der Waals surface area contributed by atoms with E-state index >= 15 is 0 Å². The Morgan fingerprint density at radius 2 is 0.604 bits per heavy atom. The van der Waals surface area contributed by atoms with Gasteiger partial charge in [0.05, 0.1) is 33.1 Å². The third-order valence-corrected chi connectivity index (χ3v) is 10.8. The molecule has 0 amide bonds. The van der Waals surface area contributed by atoms with Crippen LogP contribution in [0.5, 0.6) is 0 Å². The molecule has 2 heteroatoms. The van der Waals surface area contributed by atoms with E-state index in [0.717, 1.165) is 0 Å². The van der Waals surface area contributed by atoms with E-state index in [2.05, 4.69) is 177 Å². The second-order valence-corrected chi connectivity index (χ2v) is 18.5. The Hall–Kier alpha value is -4.30. The van der Waals surface area contributed by atoms with Crippen molar-refractivity contribution in [1.29, 1.82) is 0 Å². The Balaban J connectivity index is 1.78. The Bertz CT molecular complexity index is 2440. The summed E-state index contributed by atoms with van der Waals surface area (Å²) in [5, 5.41) is 7.96. The number of hydrogen-bond acceptors (Lipinski definition) is 0. The summed E-state index contributed by atoms with van der Waals surface area (Å²) in [6.45, 7) is 28.0. The maximum Gasteiger partial charge on any atom is 0.0703 e. The molecule has 0 fully saturated rings. The first-order valence-electron chi connectivity index (χ1n) is 17.7. The van der Waals surface area contributed by atoms with Gasteiger partial charge in [-0.05, 0) is 105 Å². The van der Waals surface area contributed by atoms with E-state index in [1.807, 2.05) is 0 Å². The van der Waals surface area contributed by atoms with Crippen LogP contribution in [0, 0.1) is 0 Å². The van der Waals surface area contributed by atoms with Crippen molar-refractivity contribution >= 4 is 65.4 Å². The number of fused-ring (bicyclic) bond motifs is 10. The van der Waals surface area contributed by atoms with Crippen LogP contribution in [0.3, 0.4) is 0 Å². The minimum Gasteiger partial charge on any atom is -0.307 e. The SMILES string of the molecule is CC(C)(C)c1ccc2c(c1)c1cc(C(C)(C)C)cc3c4cc(C(C)(C)C)cc5c6cc(C(C)(C)C)ccc6n(c6ccccc6n2c13)c54. The van der Waals surface area contributed by atoms with E-state index in [4.69, 9.17) is 0 Å². The average molecular weight is 631 g/mol. The van der Waals surface area contributed by atoms with Crippen LogP contribution in [-0.2, 0) is 21.7 Å². The second-order valence-electron chi connectivity index (χ2n) is 18.5. The molecule has 0 unspecified atom stereocenters. The molecule has 3 heterocycles. The lowest BCUT2D eigenvalue weighted by Gasteiger charge is -2.22. The Labute approximate surface area is 285 Å². The molecule has 0 atom stereocenters. The van der Waals surface area contributed by atoms with Gasteiger partial charge < -0.3 is 8.80 Å². The van der Waals surface area contributed by atoms with Crippen molar-refractivity contribution in [1.82, 2.24) is 8.80 Å². The van der Waals surface area contributed by atoms with Gasteiger partial charge in [-0.2, -0.15) is 0 Å². The number of nitrogens with zero attached hydrogens (tertiary/aromatic N) is 2. The van der Waals surface area contributed by atoms with Crippen LogP contribution in [0.1, 0.15) is 105 Å². The number of para-hydroxylation sites is 2. The third-order valence-electron chi connectivity index (χ3n) is 10.8. The van der Waals surface area contributed by atoms with Crippen LogP contribution in [0.4, 0.5) is 0 Å². The fourth-order valence-electron chi connectivity index (χ4n) is 7.85. The van der Waals surface area contributed by atoms with E-state index in [0.29, 0.717) is 0 Å². The summed E-state index contributed by atoms with van der Waals surface area (Å²) >= 11 is 0. The summed E-state index contributed by atoms with van der Waals surface area (Å²) in [7, 11) is 0. The third kappa shape index (κ3) is 4.44. The lowest BCUT2D eigenvalue weighted by molar-refractivity contribution is 0.590. The second kappa shape index (κ2) is 9.65. The monoisotopic (exact) mass is 630 g/mol. The molecule has 244 valence electrons. The lowest BCUT2D eigenvalue weighted by atomic mass is 9.82. The summed E-state index contributed by atoms with van der Waals surface area (Å²) in [5.41, 5.74) is 13.1. The predicted molar refractivity (Wildman–Crippen MR) is 211 cm³/mol. The van der Waals surface area contributed by atoms with Crippen molar-refractivity contribution in [2.75, 3.05) is 0 Å². The summed E-state index contributed by atoms with van der Waals surface area (Å²) in [4.78, 5) is 0. The van der Waals surface area contributed by atoms with Crippen molar-refractivity contribution in [2.45, 2.75) is 105 Å². The smallest absolute Gasteiger partial charge is 0.0703 e. The summed E-state index contributed by atoms with van der Waals surface area (Å²) in [6, 6.07) is 33.4. The minimum atomic E-state index is -0.0178. The molecule has 0 radical (unpaired) electrons. The van der Waals surface area contributed by atoms with Crippen molar-refractivity contribution < 1.29 is 0 Å². The molecule has 8 aromatic rings. The fourth-order valence-corrected chi connectivity index (χ4v) is 7.85. The highest BCUT2D eigenvalue weighted by atomic mass is 15.0. The summed E-state index contributed by atoms with van der Waals surface area (Å²) in [5.74, 6) is 0. The molecule has 0 saturated carbocycles. The molecule has 0 spiro atoms. The van der Waals surface area contributed by atoms with Crippen molar-refractivity contribution in [3.63, 3.8) is 0 Å². The number of hydrogen-bond donors (Lipinski definition) is 0. The van der Waals surface area contributed by atoms with E-state index < -0.39 is 0 Å². The Kier molecular flexibility index (Phi) is 6.23. The Morgan fingerprint density at radius 3 is 0.917 bits per heavy atom. The van der Waals surface area contributed by atoms with Crippen molar-refractivity contribution in [3.05, 3.63) is 107 Å². The van der Waals surface area contributed by atoms with Gasteiger partial charge in [-0.25, -0.2) is 0 Å². The van der Waals surface area contributed by atoms with Crippen LogP contribution in [0.25, 0.3) is 65.4 Å². The van der Waals surface area contributed by atoms with Gasteiger partial charge >= 0.3 is 0 Å². The van der Waals surface area contributed by atoms with Gasteiger partial charge in [0, 0.05) is 32.3 Å². The fraction of sp³-hybridized carbons (Fsp3) is 0.348. The number of aromatic nitrogens is 2. The van der Waals surface area contributed by atoms with Crippen molar-refractivity contribution in [3.8, 4) is 0 Å². The highest BCUT2D eigenvalue weighted by Crippen LogP contribution is 2.45. The van der Waals surface area contributed by atoms with Crippen LogP contribution < -0.4 is 0 Å². The molecular weight excluding hydrogens is 581 g/mol. The van der Waals surface area contributed by atoms with Gasteiger partial charge in [0.1, 0.15) is 0 Å². The standard InChI is InChI=1S/C46H50N2/c1-43(2,3)27-17-19-37-31(21-27)33-23-29(45(7,8)9)25-35-36-26-30(46(10,11)12)24-34-32-22-28(44(4,5)6)18-20-38(32)48(42(34)36)40-16-14-13-15-39(40)47(37)41(33)35/h13-26H,1-12H3. The molecule has 8 rings (SSSR count). The average Bonchev–Trinajstić information content (AvgIpc) is 3.50. The molecular formula is C46H50N2. The molecule has 0 aliphatic carbocycles. The largest absolute Gasteiger partial charge is 0.307 e. The van der Waals surface area contributed by atoms with Gasteiger partial charge in [-0.1, -0.05) is 107 Å². The quantitative estimate of drug-likeness (QED) is 0.158. The van der Waals surface area contributed by atoms with Gasteiger partial charge in [0.2, 0.25) is 0 Å². The van der Waals surface area contributed by atoms with Crippen LogP contribution >= 0.6 is 0 Å². The molecule has 0 bridgehead atoms. The highest BCUT2D eigenvalue weighted by Gasteiger charge is 2.26. The minimum absolute atomic E-state index is 0.0178. The highest BCUT2D eigenvalue weighted by molar-refractivity contribution is 6.25. The summed E-state index contributed by atoms with van der Waals surface area (Å²) < 4.78 is 5.14. The molecule has 2 nitrogen and oxygen atoms in total. The molecule has 5 aromatic carbocycles. The van der Waals surface area contributed by atoms with Crippen LogP contribution in [0.2, 0.25) is 0 Å². The zero-order chi connectivity index (χ0) is 34.3. The van der Waals surface area contributed by atoms with Gasteiger partial charge in [0.15, 0.2) is 0 Å². The molecule has 0 N–H and O–H groups in total. The van der Waals surface area contributed by atoms with E-state index in [9.17, 15) is 0 Å². The summed E-state index contributed by atoms with van der Waals surface area (Å²) in [6.07, 6.45) is 0. The molecule has 48 heavy (non-hydrogen) atoms. The zero-order valence-corrected chi connectivity index (χ0v) is 31.0. The molecule has 0 aliphatic rings. The number of benzene rings is 5. The maximum atomic E-state index is 2.57. The number of rotatable bonds is 0. The normalized spacial score (nSPS) is 13.8. The molecule has 0 saturated heterocycles. The van der Waals surface area contributed by atoms with E-state index in [1.54, 1.807) is 0 Å². The van der Waals surface area contributed by atoms with Crippen molar-refractivity contribution in [2.24, 2.45) is 0 Å². The first kappa shape index (κ1) is 31.0. The van der Waals surface area contributed by atoms with Crippen LogP contribution in [0.15, 0.2) is 84.9 Å². The first-order chi connectivity index (χ1) is 22.3. The zero-order valence-electron chi connectivity index (χ0n) is 31.0. The predicted octanol–water partition coefficient (Wildman–Crippen LogP) is 13.1. The van der Waals surface area contributed by atoms with Gasteiger partial charge in [0.25, 0.3) is 0 Å².